The van der Waals surface area contributed by atoms with Gasteiger partial charge in [0.05, 0.1) is 10.8 Å². The van der Waals surface area contributed by atoms with Crippen molar-refractivity contribution in [3.63, 3.8) is 0 Å². The predicted octanol–water partition coefficient (Wildman–Crippen LogP) is 4.00. The van der Waals surface area contributed by atoms with Crippen LogP contribution in [0.4, 0.5) is 0 Å². The third-order valence-electron chi connectivity index (χ3n) is 4.12. The van der Waals surface area contributed by atoms with Crippen LogP contribution in [0, 0.1) is 0 Å². The Hall–Kier alpha value is -1.46. The number of hydrogen-bond donors (Lipinski definition) is 2. The van der Waals surface area contributed by atoms with Gasteiger partial charge in [0.15, 0.2) is 0 Å². The maximum Gasteiger partial charge on any atom is 0.275 e. The molecule has 0 bridgehead atoms. The van der Waals surface area contributed by atoms with Crippen LogP contribution < -0.4 is 5.43 Å². The van der Waals surface area contributed by atoms with E-state index >= 15 is 0 Å². The first-order valence-electron chi connectivity index (χ1n) is 8.17. The summed E-state index contributed by atoms with van der Waals surface area (Å²) < 4.78 is 0. The minimum Gasteiger partial charge on any atom is -0.507 e. The molecule has 1 aliphatic rings. The van der Waals surface area contributed by atoms with E-state index in [1.54, 1.807) is 12.1 Å². The lowest BCUT2D eigenvalue weighted by atomic mass is 9.78. The molecule has 24 heavy (non-hydrogen) atoms. The predicted molar refractivity (Wildman–Crippen MR) is 102 cm³/mol. The molecule has 1 amide bonds. The van der Waals surface area contributed by atoms with Gasteiger partial charge < -0.3 is 5.11 Å². The number of amides is 1. The van der Waals surface area contributed by atoms with E-state index in [2.05, 4.69) is 47.0 Å². The largest absolute Gasteiger partial charge is 0.507 e. The van der Waals surface area contributed by atoms with Gasteiger partial charge in [0.25, 0.3) is 5.91 Å². The number of carbonyl (C=O) groups excluding carboxylic acids is 1. The van der Waals surface area contributed by atoms with E-state index < -0.39 is 0 Å². The van der Waals surface area contributed by atoms with Gasteiger partial charge in [0.2, 0.25) is 0 Å². The Labute approximate surface area is 149 Å². The summed E-state index contributed by atoms with van der Waals surface area (Å²) >= 11 is 1.52. The lowest BCUT2D eigenvalue weighted by Gasteiger charge is -2.28. The van der Waals surface area contributed by atoms with Crippen molar-refractivity contribution in [1.29, 1.82) is 0 Å². The summed E-state index contributed by atoms with van der Waals surface area (Å²) in [4.78, 5) is 13.0. The zero-order chi connectivity index (χ0) is 18.3. The van der Waals surface area contributed by atoms with Crippen molar-refractivity contribution in [1.82, 2.24) is 10.4 Å². The number of phenols is 1. The molecule has 1 heterocycles. The normalized spacial score (nSPS) is 17.9. The van der Waals surface area contributed by atoms with Gasteiger partial charge >= 0.3 is 0 Å². The summed E-state index contributed by atoms with van der Waals surface area (Å²) in [7, 11) is 1.75. The van der Waals surface area contributed by atoms with E-state index in [1.807, 2.05) is 18.2 Å². The minimum atomic E-state index is -0.178. The molecule has 132 valence electrons. The van der Waals surface area contributed by atoms with Gasteiger partial charge in [-0.3, -0.25) is 9.80 Å². The third-order valence-corrected chi connectivity index (χ3v) is 5.11. The molecule has 1 aromatic rings. The Balaban J connectivity index is 2.58. The standard InChI is InChI=1S/C19H28N2O2S/c1-18(2,3)13-8-12(9-14(16(13)22)19(4,5)6)10-15-17(23)21(20-7)11-24-15/h8-10,20,22H,11H2,1-7H3. The monoisotopic (exact) mass is 348 g/mol. The van der Waals surface area contributed by atoms with Crippen LogP contribution in [0.1, 0.15) is 58.2 Å². The summed E-state index contributed by atoms with van der Waals surface area (Å²) in [5, 5.41) is 12.4. The highest BCUT2D eigenvalue weighted by Crippen LogP contribution is 2.40. The fraction of sp³-hybridized carbons (Fsp3) is 0.526. The van der Waals surface area contributed by atoms with Crippen LogP contribution >= 0.6 is 11.8 Å². The van der Waals surface area contributed by atoms with Crippen LogP contribution in [0.5, 0.6) is 5.75 Å². The lowest BCUT2D eigenvalue weighted by Crippen LogP contribution is -2.35. The Morgan fingerprint density at radius 1 is 1.12 bits per heavy atom. The van der Waals surface area contributed by atoms with Gasteiger partial charge in [-0.15, -0.1) is 0 Å². The molecular formula is C19H28N2O2S. The Morgan fingerprint density at radius 2 is 1.62 bits per heavy atom. The van der Waals surface area contributed by atoms with E-state index in [4.69, 9.17) is 0 Å². The number of carbonyl (C=O) groups is 1. The summed E-state index contributed by atoms with van der Waals surface area (Å²) in [6, 6.07) is 3.99. The van der Waals surface area contributed by atoms with Gasteiger partial charge in [-0.1, -0.05) is 53.3 Å². The number of benzene rings is 1. The fourth-order valence-corrected chi connectivity index (χ4v) is 3.66. The quantitative estimate of drug-likeness (QED) is 0.793. The SMILES string of the molecule is CNN1CSC(=Cc2cc(C(C)(C)C)c(O)c(C(C)(C)C)c2)C1=O. The summed E-state index contributed by atoms with van der Waals surface area (Å²) in [6.45, 7) is 12.5. The van der Waals surface area contributed by atoms with Crippen LogP contribution in [0.25, 0.3) is 6.08 Å². The van der Waals surface area contributed by atoms with E-state index in [1.165, 1.54) is 11.8 Å². The summed E-state index contributed by atoms with van der Waals surface area (Å²) in [5.74, 6) is 0.960. The smallest absolute Gasteiger partial charge is 0.275 e. The second-order valence-electron chi connectivity index (χ2n) is 8.20. The van der Waals surface area contributed by atoms with Crippen molar-refractivity contribution < 1.29 is 9.90 Å². The van der Waals surface area contributed by atoms with Gasteiger partial charge in [0, 0.05) is 18.2 Å². The topological polar surface area (TPSA) is 52.6 Å². The molecule has 0 aromatic heterocycles. The van der Waals surface area contributed by atoms with Crippen molar-refractivity contribution in [2.24, 2.45) is 0 Å². The number of hydrogen-bond acceptors (Lipinski definition) is 4. The summed E-state index contributed by atoms with van der Waals surface area (Å²) in [5.41, 5.74) is 5.30. The Kier molecular flexibility index (Phi) is 5.07. The van der Waals surface area contributed by atoms with Gasteiger partial charge in [-0.2, -0.15) is 0 Å². The minimum absolute atomic E-state index is 0.00908. The van der Waals surface area contributed by atoms with Crippen molar-refractivity contribution in [2.45, 2.75) is 52.4 Å². The molecule has 1 aromatic carbocycles. The van der Waals surface area contributed by atoms with Crippen LogP contribution in [0.3, 0.4) is 0 Å². The van der Waals surface area contributed by atoms with E-state index in [9.17, 15) is 9.90 Å². The van der Waals surface area contributed by atoms with Crippen molar-refractivity contribution in [2.75, 3.05) is 12.9 Å². The third kappa shape index (κ3) is 3.78. The van der Waals surface area contributed by atoms with Crippen LogP contribution in [0.15, 0.2) is 17.0 Å². The molecule has 0 unspecified atom stereocenters. The maximum atomic E-state index is 12.3. The Morgan fingerprint density at radius 3 is 2.00 bits per heavy atom. The molecule has 0 radical (unpaired) electrons. The van der Waals surface area contributed by atoms with Crippen molar-refractivity contribution in [3.05, 3.63) is 33.7 Å². The van der Waals surface area contributed by atoms with E-state index in [-0.39, 0.29) is 16.7 Å². The first-order valence-corrected chi connectivity index (χ1v) is 9.15. The average Bonchev–Trinajstić information content (AvgIpc) is 2.78. The van der Waals surface area contributed by atoms with E-state index in [0.717, 1.165) is 21.6 Å². The fourth-order valence-electron chi connectivity index (χ4n) is 2.69. The van der Waals surface area contributed by atoms with Gasteiger partial charge in [-0.25, -0.2) is 5.43 Å². The number of phenolic OH excluding ortho intramolecular Hbond substituents is 1. The number of rotatable bonds is 2. The first-order chi connectivity index (χ1) is 10.9. The maximum absolute atomic E-state index is 12.3. The first kappa shape index (κ1) is 18.9. The molecule has 5 heteroatoms. The molecule has 2 rings (SSSR count). The highest BCUT2D eigenvalue weighted by atomic mass is 32.2. The molecule has 0 atom stereocenters. The summed E-state index contributed by atoms with van der Waals surface area (Å²) in [6.07, 6.45) is 1.92. The van der Waals surface area contributed by atoms with Crippen molar-refractivity contribution in [3.8, 4) is 5.75 Å². The van der Waals surface area contributed by atoms with Gasteiger partial charge in [0.1, 0.15) is 5.75 Å². The second kappa shape index (κ2) is 6.45. The average molecular weight is 349 g/mol. The molecule has 1 aliphatic heterocycles. The Bertz CT molecular complexity index is 647. The molecule has 2 N–H and O–H groups in total. The number of aromatic hydroxyl groups is 1. The van der Waals surface area contributed by atoms with Crippen LogP contribution in [-0.4, -0.2) is 28.9 Å². The molecule has 0 aliphatic carbocycles. The molecular weight excluding hydrogens is 320 g/mol. The number of hydrazine groups is 1. The number of nitrogens with zero attached hydrogens (tertiary/aromatic N) is 1. The van der Waals surface area contributed by atoms with Crippen molar-refractivity contribution >= 4 is 23.7 Å². The molecule has 0 spiro atoms. The second-order valence-corrected chi connectivity index (χ2v) is 9.19. The molecule has 4 nitrogen and oxygen atoms in total. The highest BCUT2D eigenvalue weighted by Gasteiger charge is 2.28. The lowest BCUT2D eigenvalue weighted by molar-refractivity contribution is -0.126. The highest BCUT2D eigenvalue weighted by molar-refractivity contribution is 8.04. The van der Waals surface area contributed by atoms with Crippen LogP contribution in [-0.2, 0) is 15.6 Å². The molecule has 1 saturated heterocycles. The zero-order valence-electron chi connectivity index (χ0n) is 15.7. The molecule has 0 saturated carbocycles. The number of nitrogens with one attached hydrogen (secondary N) is 1. The molecule has 1 fully saturated rings. The zero-order valence-corrected chi connectivity index (χ0v) is 16.5. The van der Waals surface area contributed by atoms with Crippen LogP contribution in [0.2, 0.25) is 0 Å². The van der Waals surface area contributed by atoms with Gasteiger partial charge in [-0.05, 0) is 34.6 Å². The number of thioether (sulfide) groups is 1. The van der Waals surface area contributed by atoms with E-state index in [0.29, 0.717) is 11.6 Å².